The van der Waals surface area contributed by atoms with Gasteiger partial charge in [-0.3, -0.25) is 14.2 Å². The maximum Gasteiger partial charge on any atom is 0.306 e. The van der Waals surface area contributed by atoms with Gasteiger partial charge in [0.15, 0.2) is 6.10 Å². The summed E-state index contributed by atoms with van der Waals surface area (Å²) in [6.45, 7) is 4.02. The van der Waals surface area contributed by atoms with Crippen molar-refractivity contribution in [3.8, 4) is 0 Å². The molecular weight excluding hydrogens is 790 g/mol. The number of nitrogens with zero attached hydrogens (tertiary/aromatic N) is 1. The fraction of sp³-hybridized carbons (Fsp3) is 0.760. The second kappa shape index (κ2) is 41.7. The predicted octanol–water partition coefficient (Wildman–Crippen LogP) is 12.4. The van der Waals surface area contributed by atoms with Crippen LogP contribution in [0.25, 0.3) is 0 Å². The van der Waals surface area contributed by atoms with Crippen LogP contribution in [0.1, 0.15) is 187 Å². The third kappa shape index (κ3) is 45.5. The van der Waals surface area contributed by atoms with Gasteiger partial charge < -0.3 is 33.0 Å². The van der Waals surface area contributed by atoms with Crippen LogP contribution in [-0.2, 0) is 32.7 Å². The molecule has 0 fully saturated rings. The third-order valence-corrected chi connectivity index (χ3v) is 11.1. The first kappa shape index (κ1) is 58.7. The van der Waals surface area contributed by atoms with Crippen LogP contribution in [0, 0.1) is 0 Å². The zero-order valence-corrected chi connectivity index (χ0v) is 40.4. The van der Waals surface area contributed by atoms with Gasteiger partial charge >= 0.3 is 11.9 Å². The van der Waals surface area contributed by atoms with Crippen LogP contribution < -0.4 is 4.89 Å². The number of aliphatic hydroxyl groups is 1. The van der Waals surface area contributed by atoms with Gasteiger partial charge in [0, 0.05) is 12.8 Å². The third-order valence-electron chi connectivity index (χ3n) is 10.1. The number of esters is 2. The summed E-state index contributed by atoms with van der Waals surface area (Å²) < 4.78 is 33.8. The maximum atomic E-state index is 12.7. The standard InChI is InChI=1S/C50H90NO9P/c1-6-8-10-12-14-16-17-18-19-20-21-22-23-24-25-27-29-33-37-41-49(53)57-45-48(46-59-61(55,56)58-44-43-51(3,4)5)60-50(54)42-38-34-30-32-36-40-47(52)39-35-31-28-26-15-13-11-9-7-2/h15,18-19,26,30-32,35-36,40,47-48,52H,6-14,16-17,20-25,27-29,33-34,37-39,41-46H2,1-5H3/b19-18-,26-15-,32-30+,35-31-,40-36-/t47?,48-/m1/s1. The van der Waals surface area contributed by atoms with E-state index in [1.54, 1.807) is 12.2 Å². The lowest BCUT2D eigenvalue weighted by molar-refractivity contribution is -0.870. The van der Waals surface area contributed by atoms with E-state index < -0.39 is 38.6 Å². The molecule has 1 N–H and O–H groups in total. The van der Waals surface area contributed by atoms with Crippen LogP contribution in [0.15, 0.2) is 60.8 Å². The number of phosphoric acid groups is 1. The highest BCUT2D eigenvalue weighted by Gasteiger charge is 2.21. The fourth-order valence-corrected chi connectivity index (χ4v) is 6.98. The Labute approximate surface area is 373 Å². The highest BCUT2D eigenvalue weighted by atomic mass is 31.2. The molecular formula is C50H90NO9P. The van der Waals surface area contributed by atoms with Gasteiger partial charge in [0.25, 0.3) is 7.82 Å². The molecule has 0 aromatic carbocycles. The number of hydrogen-bond donors (Lipinski definition) is 1. The Morgan fingerprint density at radius 2 is 1.11 bits per heavy atom. The van der Waals surface area contributed by atoms with E-state index in [0.717, 1.165) is 32.1 Å². The van der Waals surface area contributed by atoms with Crippen LogP contribution in [-0.4, -0.2) is 81.2 Å². The molecule has 0 bridgehead atoms. The molecule has 0 aliphatic rings. The second-order valence-electron chi connectivity index (χ2n) is 17.3. The number of carbonyl (C=O) groups is 2. The molecule has 0 heterocycles. The molecule has 0 amide bonds. The number of phosphoric ester groups is 1. The number of rotatable bonds is 43. The van der Waals surface area contributed by atoms with Gasteiger partial charge in [-0.25, -0.2) is 0 Å². The minimum absolute atomic E-state index is 0.0587. The summed E-state index contributed by atoms with van der Waals surface area (Å²) in [6.07, 6.45) is 47.1. The molecule has 0 rings (SSSR count). The monoisotopic (exact) mass is 880 g/mol. The highest BCUT2D eigenvalue weighted by molar-refractivity contribution is 7.45. The largest absolute Gasteiger partial charge is 0.756 e. The predicted molar refractivity (Wildman–Crippen MR) is 251 cm³/mol. The van der Waals surface area contributed by atoms with Crippen LogP contribution in [0.4, 0.5) is 0 Å². The Balaban J connectivity index is 4.46. The molecule has 0 aliphatic carbocycles. The van der Waals surface area contributed by atoms with E-state index in [2.05, 4.69) is 44.2 Å². The van der Waals surface area contributed by atoms with Gasteiger partial charge in [-0.05, 0) is 70.6 Å². The van der Waals surface area contributed by atoms with E-state index in [0.29, 0.717) is 36.7 Å². The summed E-state index contributed by atoms with van der Waals surface area (Å²) in [7, 11) is 1.07. The van der Waals surface area contributed by atoms with Crippen molar-refractivity contribution < 1.29 is 47.2 Å². The Kier molecular flexibility index (Phi) is 40.1. The van der Waals surface area contributed by atoms with Crippen molar-refractivity contribution in [1.29, 1.82) is 0 Å². The molecule has 0 aromatic heterocycles. The summed E-state index contributed by atoms with van der Waals surface area (Å²) in [5.74, 6) is -0.967. The lowest BCUT2D eigenvalue weighted by atomic mass is 10.1. The minimum Gasteiger partial charge on any atom is -0.756 e. The zero-order valence-electron chi connectivity index (χ0n) is 39.5. The molecule has 0 radical (unpaired) electrons. The average molecular weight is 880 g/mol. The minimum atomic E-state index is -4.67. The first-order chi connectivity index (χ1) is 29.4. The Hall–Kier alpha value is -2.33. The molecule has 0 saturated heterocycles. The van der Waals surface area contributed by atoms with Crippen molar-refractivity contribution in [2.45, 2.75) is 199 Å². The first-order valence-corrected chi connectivity index (χ1v) is 25.6. The molecule has 0 aliphatic heterocycles. The van der Waals surface area contributed by atoms with Crippen molar-refractivity contribution >= 4 is 19.8 Å². The molecule has 2 unspecified atom stereocenters. The molecule has 3 atom stereocenters. The number of aliphatic hydroxyl groups excluding tert-OH is 1. The number of unbranched alkanes of at least 4 members (excludes halogenated alkanes) is 19. The molecule has 61 heavy (non-hydrogen) atoms. The van der Waals surface area contributed by atoms with Crippen molar-refractivity contribution in [3.63, 3.8) is 0 Å². The summed E-state index contributed by atoms with van der Waals surface area (Å²) in [5, 5.41) is 10.2. The van der Waals surface area contributed by atoms with E-state index >= 15 is 0 Å². The van der Waals surface area contributed by atoms with Gasteiger partial charge in [-0.1, -0.05) is 164 Å². The summed E-state index contributed by atoms with van der Waals surface area (Å²) in [4.78, 5) is 37.6. The number of carbonyl (C=O) groups excluding carboxylic acids is 2. The van der Waals surface area contributed by atoms with Crippen molar-refractivity contribution in [2.24, 2.45) is 0 Å². The second-order valence-corrected chi connectivity index (χ2v) is 18.7. The summed E-state index contributed by atoms with van der Waals surface area (Å²) in [6, 6.07) is 0. The Bertz CT molecular complexity index is 1240. The number of likely N-dealkylation sites (N-methyl/N-ethyl adjacent to an activating group) is 1. The Morgan fingerprint density at radius 1 is 0.607 bits per heavy atom. The maximum absolute atomic E-state index is 12.7. The van der Waals surface area contributed by atoms with Gasteiger partial charge in [0.2, 0.25) is 0 Å². The summed E-state index contributed by atoms with van der Waals surface area (Å²) >= 11 is 0. The smallest absolute Gasteiger partial charge is 0.306 e. The van der Waals surface area contributed by atoms with Crippen molar-refractivity contribution in [3.05, 3.63) is 60.8 Å². The zero-order chi connectivity index (χ0) is 45.1. The van der Waals surface area contributed by atoms with Gasteiger partial charge in [0.1, 0.15) is 19.8 Å². The molecule has 0 aromatic rings. The number of allylic oxidation sites excluding steroid dienone is 8. The molecule has 10 nitrogen and oxygen atoms in total. The number of ether oxygens (including phenoxy) is 2. The van der Waals surface area contributed by atoms with Crippen LogP contribution in [0.2, 0.25) is 0 Å². The molecule has 0 spiro atoms. The molecule has 11 heteroatoms. The van der Waals surface area contributed by atoms with Crippen LogP contribution >= 0.6 is 7.82 Å². The van der Waals surface area contributed by atoms with Crippen LogP contribution in [0.5, 0.6) is 0 Å². The fourth-order valence-electron chi connectivity index (χ4n) is 6.25. The lowest BCUT2D eigenvalue weighted by Crippen LogP contribution is -2.37. The number of hydrogen-bond acceptors (Lipinski definition) is 9. The average Bonchev–Trinajstić information content (AvgIpc) is 3.21. The van der Waals surface area contributed by atoms with E-state index in [1.165, 1.54) is 103 Å². The molecule has 0 saturated carbocycles. The normalized spacial score (nSPS) is 14.5. The Morgan fingerprint density at radius 3 is 1.74 bits per heavy atom. The highest BCUT2D eigenvalue weighted by Crippen LogP contribution is 2.38. The number of quaternary nitrogens is 1. The van der Waals surface area contributed by atoms with E-state index in [9.17, 15) is 24.2 Å². The van der Waals surface area contributed by atoms with E-state index in [4.69, 9.17) is 18.5 Å². The lowest BCUT2D eigenvalue weighted by Gasteiger charge is -2.28. The van der Waals surface area contributed by atoms with Gasteiger partial charge in [-0.15, -0.1) is 0 Å². The quantitative estimate of drug-likeness (QED) is 0.0159. The van der Waals surface area contributed by atoms with Gasteiger partial charge in [0.05, 0.1) is 33.9 Å². The van der Waals surface area contributed by atoms with Crippen molar-refractivity contribution in [1.82, 2.24) is 0 Å². The topological polar surface area (TPSA) is 131 Å². The van der Waals surface area contributed by atoms with Gasteiger partial charge in [-0.2, -0.15) is 0 Å². The first-order valence-electron chi connectivity index (χ1n) is 24.1. The van der Waals surface area contributed by atoms with E-state index in [-0.39, 0.29) is 26.1 Å². The summed E-state index contributed by atoms with van der Waals surface area (Å²) in [5.41, 5.74) is 0. The van der Waals surface area contributed by atoms with Crippen molar-refractivity contribution in [2.75, 3.05) is 47.5 Å². The molecule has 354 valence electrons. The van der Waals surface area contributed by atoms with Crippen LogP contribution in [0.3, 0.4) is 0 Å². The van der Waals surface area contributed by atoms with E-state index in [1.807, 2.05) is 39.4 Å². The SMILES string of the molecule is CCCCC/C=C\C/C=C\CC(O)/C=C\C=C\CCCC(=O)O[C@H](COC(=O)CCCCCCCCCCC/C=C\CCCCCCCC)COP(=O)([O-])OCC[N+](C)(C)C.